The molecule has 0 aromatic carbocycles. The maximum atomic E-state index is 12.0. The highest BCUT2D eigenvalue weighted by Gasteiger charge is 2.16. The zero-order valence-electron chi connectivity index (χ0n) is 10.2. The van der Waals surface area contributed by atoms with Gasteiger partial charge in [0.1, 0.15) is 11.5 Å². The highest BCUT2D eigenvalue weighted by atomic mass is 16.5. The lowest BCUT2D eigenvalue weighted by atomic mass is 10.1. The van der Waals surface area contributed by atoms with Gasteiger partial charge in [0.2, 0.25) is 0 Å². The molecule has 0 spiro atoms. The summed E-state index contributed by atoms with van der Waals surface area (Å²) in [5.41, 5.74) is 0.413. The Hall–Kier alpha value is -2.37. The van der Waals surface area contributed by atoms with Gasteiger partial charge in [-0.15, -0.1) is 0 Å². The van der Waals surface area contributed by atoms with Crippen LogP contribution < -0.4 is 10.9 Å². The number of carbonyl (C=O) groups excluding carboxylic acids is 1. The fourth-order valence-electron chi connectivity index (χ4n) is 1.70. The van der Waals surface area contributed by atoms with Crippen LogP contribution in [0.25, 0.3) is 0 Å². The Morgan fingerprint density at radius 3 is 2.56 bits per heavy atom. The molecule has 0 aliphatic carbocycles. The molecule has 0 radical (unpaired) electrons. The van der Waals surface area contributed by atoms with Crippen LogP contribution in [0.2, 0.25) is 0 Å². The number of aromatic nitrogens is 1. The molecular formula is C12H12N2O4. The van der Waals surface area contributed by atoms with Crippen molar-refractivity contribution < 1.29 is 13.7 Å². The standard InChI is InChI=1S/C12H12N2O4/c1-6-4-10(15)17-8(3)11(6)12(16)13-9-5-7(2)18-14-9/h4-5H,1-3H3,(H,13,14,16). The Kier molecular flexibility index (Phi) is 3.01. The summed E-state index contributed by atoms with van der Waals surface area (Å²) in [4.78, 5) is 23.1. The van der Waals surface area contributed by atoms with Crippen LogP contribution in [0.5, 0.6) is 0 Å². The summed E-state index contributed by atoms with van der Waals surface area (Å²) in [5.74, 6) is 0.806. The first-order chi connectivity index (χ1) is 8.47. The molecule has 0 bridgehead atoms. The first-order valence-corrected chi connectivity index (χ1v) is 5.33. The quantitative estimate of drug-likeness (QED) is 0.875. The van der Waals surface area contributed by atoms with Crippen molar-refractivity contribution in [2.75, 3.05) is 5.32 Å². The topological polar surface area (TPSA) is 85.3 Å². The Morgan fingerprint density at radius 2 is 2.00 bits per heavy atom. The first-order valence-electron chi connectivity index (χ1n) is 5.33. The van der Waals surface area contributed by atoms with E-state index in [4.69, 9.17) is 8.94 Å². The molecule has 1 N–H and O–H groups in total. The van der Waals surface area contributed by atoms with Crippen molar-refractivity contribution in [2.45, 2.75) is 20.8 Å². The van der Waals surface area contributed by atoms with Gasteiger partial charge in [0.15, 0.2) is 5.82 Å². The van der Waals surface area contributed by atoms with Crippen LogP contribution in [0.1, 0.15) is 27.4 Å². The third kappa shape index (κ3) is 2.32. The van der Waals surface area contributed by atoms with Crippen LogP contribution >= 0.6 is 0 Å². The molecule has 6 nitrogen and oxygen atoms in total. The number of nitrogens with zero attached hydrogens (tertiary/aromatic N) is 1. The molecule has 0 aliphatic heterocycles. The van der Waals surface area contributed by atoms with Crippen LogP contribution in [0.4, 0.5) is 5.82 Å². The molecule has 1 amide bonds. The smallest absolute Gasteiger partial charge is 0.336 e. The summed E-state index contributed by atoms with van der Waals surface area (Å²) < 4.78 is 9.74. The first kappa shape index (κ1) is 12.1. The minimum absolute atomic E-state index is 0.276. The second-order valence-electron chi connectivity index (χ2n) is 3.96. The molecule has 18 heavy (non-hydrogen) atoms. The highest BCUT2D eigenvalue weighted by molar-refractivity contribution is 6.05. The van der Waals surface area contributed by atoms with Gasteiger partial charge in [-0.25, -0.2) is 4.79 Å². The average molecular weight is 248 g/mol. The third-order valence-electron chi connectivity index (χ3n) is 2.43. The van der Waals surface area contributed by atoms with E-state index in [0.717, 1.165) is 0 Å². The largest absolute Gasteiger partial charge is 0.427 e. The van der Waals surface area contributed by atoms with Gasteiger partial charge in [0.25, 0.3) is 5.91 Å². The summed E-state index contributed by atoms with van der Waals surface area (Å²) in [6.45, 7) is 4.96. The van der Waals surface area contributed by atoms with Crippen LogP contribution in [0, 0.1) is 20.8 Å². The lowest BCUT2D eigenvalue weighted by Gasteiger charge is -2.06. The minimum atomic E-state index is -0.473. The Bertz CT molecular complexity index is 628. The molecule has 94 valence electrons. The molecule has 0 fully saturated rings. The van der Waals surface area contributed by atoms with E-state index < -0.39 is 5.63 Å². The van der Waals surface area contributed by atoms with Gasteiger partial charge in [-0.05, 0) is 26.3 Å². The normalized spacial score (nSPS) is 10.4. The monoisotopic (exact) mass is 248 g/mol. The maximum Gasteiger partial charge on any atom is 0.336 e. The van der Waals surface area contributed by atoms with Crippen molar-refractivity contribution in [1.82, 2.24) is 5.16 Å². The molecule has 2 heterocycles. The average Bonchev–Trinajstić information content (AvgIpc) is 2.62. The molecular weight excluding hydrogens is 236 g/mol. The lowest BCUT2D eigenvalue weighted by Crippen LogP contribution is -2.17. The van der Waals surface area contributed by atoms with Gasteiger partial charge < -0.3 is 14.3 Å². The SMILES string of the molecule is Cc1cc(NC(=O)c2c(C)cc(=O)oc2C)no1. The molecule has 0 saturated heterocycles. The number of nitrogens with one attached hydrogen (secondary N) is 1. The molecule has 0 atom stereocenters. The lowest BCUT2D eigenvalue weighted by molar-refractivity contribution is 0.102. The summed E-state index contributed by atoms with van der Waals surface area (Å²) in [6.07, 6.45) is 0. The van der Waals surface area contributed by atoms with Gasteiger partial charge in [-0.2, -0.15) is 0 Å². The molecule has 0 saturated carbocycles. The Balaban J connectivity index is 2.32. The van der Waals surface area contributed by atoms with Gasteiger partial charge in [0, 0.05) is 12.1 Å². The number of aryl methyl sites for hydroxylation is 3. The summed E-state index contributed by atoms with van der Waals surface area (Å²) in [6, 6.07) is 2.87. The van der Waals surface area contributed by atoms with Crippen molar-refractivity contribution in [3.8, 4) is 0 Å². The van der Waals surface area contributed by atoms with Crippen LogP contribution in [-0.4, -0.2) is 11.1 Å². The number of anilines is 1. The second kappa shape index (κ2) is 4.48. The van der Waals surface area contributed by atoms with E-state index in [1.54, 1.807) is 26.8 Å². The number of hydrogen-bond donors (Lipinski definition) is 1. The van der Waals surface area contributed by atoms with Crippen molar-refractivity contribution >= 4 is 11.7 Å². The second-order valence-corrected chi connectivity index (χ2v) is 3.96. The zero-order chi connectivity index (χ0) is 13.3. The highest BCUT2D eigenvalue weighted by Crippen LogP contribution is 2.14. The van der Waals surface area contributed by atoms with Gasteiger partial charge in [-0.1, -0.05) is 5.16 Å². The predicted octanol–water partition coefficient (Wildman–Crippen LogP) is 1.81. The minimum Gasteiger partial charge on any atom is -0.427 e. The van der Waals surface area contributed by atoms with E-state index in [1.165, 1.54) is 6.07 Å². The van der Waals surface area contributed by atoms with Gasteiger partial charge in [-0.3, -0.25) is 4.79 Å². The van der Waals surface area contributed by atoms with E-state index in [1.807, 2.05) is 0 Å². The maximum absolute atomic E-state index is 12.0. The van der Waals surface area contributed by atoms with Crippen molar-refractivity contribution in [3.05, 3.63) is 45.2 Å². The summed E-state index contributed by atoms with van der Waals surface area (Å²) in [5, 5.41) is 6.23. The van der Waals surface area contributed by atoms with Crippen molar-refractivity contribution in [2.24, 2.45) is 0 Å². The third-order valence-corrected chi connectivity index (χ3v) is 2.43. The molecule has 6 heteroatoms. The number of carbonyl (C=O) groups is 1. The number of hydrogen-bond acceptors (Lipinski definition) is 5. The van der Waals surface area contributed by atoms with Crippen LogP contribution in [-0.2, 0) is 0 Å². The summed E-state index contributed by atoms with van der Waals surface area (Å²) >= 11 is 0. The van der Waals surface area contributed by atoms with E-state index in [-0.39, 0.29) is 11.7 Å². The van der Waals surface area contributed by atoms with Crippen molar-refractivity contribution in [1.29, 1.82) is 0 Å². The number of rotatable bonds is 2. The van der Waals surface area contributed by atoms with Gasteiger partial charge in [0.05, 0.1) is 5.56 Å². The number of amides is 1. The molecule has 0 aliphatic rings. The molecule has 2 rings (SSSR count). The van der Waals surface area contributed by atoms with Crippen molar-refractivity contribution in [3.63, 3.8) is 0 Å². The fourth-order valence-corrected chi connectivity index (χ4v) is 1.70. The van der Waals surface area contributed by atoms with E-state index in [0.29, 0.717) is 22.7 Å². The summed E-state index contributed by atoms with van der Waals surface area (Å²) in [7, 11) is 0. The molecule has 2 aromatic rings. The van der Waals surface area contributed by atoms with Gasteiger partial charge >= 0.3 is 5.63 Å². The Morgan fingerprint density at radius 1 is 1.28 bits per heavy atom. The van der Waals surface area contributed by atoms with E-state index in [9.17, 15) is 9.59 Å². The molecule has 0 unspecified atom stereocenters. The predicted molar refractivity (Wildman–Crippen MR) is 63.6 cm³/mol. The van der Waals surface area contributed by atoms with Crippen LogP contribution in [0.15, 0.2) is 25.9 Å². The zero-order valence-corrected chi connectivity index (χ0v) is 10.2. The Labute approximate surface area is 103 Å². The van der Waals surface area contributed by atoms with Crippen LogP contribution in [0.3, 0.4) is 0 Å². The van der Waals surface area contributed by atoms with E-state index in [2.05, 4.69) is 10.5 Å². The van der Waals surface area contributed by atoms with E-state index >= 15 is 0 Å². The fraction of sp³-hybridized carbons (Fsp3) is 0.250. The molecule has 2 aromatic heterocycles.